The molecule has 0 spiro atoms. The summed E-state index contributed by atoms with van der Waals surface area (Å²) in [5.74, 6) is 1.00. The van der Waals surface area contributed by atoms with Gasteiger partial charge < -0.3 is 10.4 Å². The Labute approximate surface area is 105 Å². The molecule has 2 N–H and O–H groups in total. The highest BCUT2D eigenvalue weighted by Gasteiger charge is 2.09. The normalized spacial score (nSPS) is 14.5. The van der Waals surface area contributed by atoms with Crippen LogP contribution in [0, 0.1) is 5.92 Å². The van der Waals surface area contributed by atoms with E-state index in [4.69, 9.17) is 0 Å². The summed E-state index contributed by atoms with van der Waals surface area (Å²) in [4.78, 5) is 0. The largest absolute Gasteiger partial charge is 0.508 e. The third-order valence-electron chi connectivity index (χ3n) is 2.99. The van der Waals surface area contributed by atoms with E-state index >= 15 is 0 Å². The topological polar surface area (TPSA) is 32.3 Å². The molecule has 2 unspecified atom stereocenters. The van der Waals surface area contributed by atoms with Gasteiger partial charge in [-0.2, -0.15) is 0 Å². The van der Waals surface area contributed by atoms with Crippen LogP contribution in [0.15, 0.2) is 24.3 Å². The molecule has 2 nitrogen and oxygen atoms in total. The van der Waals surface area contributed by atoms with E-state index < -0.39 is 0 Å². The Morgan fingerprint density at radius 1 is 1.29 bits per heavy atom. The second kappa shape index (κ2) is 7.33. The lowest BCUT2D eigenvalue weighted by atomic mass is 9.95. The molecule has 1 rings (SSSR count). The zero-order chi connectivity index (χ0) is 12.7. The molecule has 0 fully saturated rings. The van der Waals surface area contributed by atoms with Crippen LogP contribution in [0.25, 0.3) is 0 Å². The van der Waals surface area contributed by atoms with Crippen LogP contribution in [0.3, 0.4) is 0 Å². The summed E-state index contributed by atoms with van der Waals surface area (Å²) in [5, 5.41) is 12.9. The van der Waals surface area contributed by atoms with Crippen LogP contribution in [-0.2, 0) is 6.42 Å². The minimum absolute atomic E-state index is 0.367. The van der Waals surface area contributed by atoms with Crippen LogP contribution in [0.5, 0.6) is 5.75 Å². The zero-order valence-electron chi connectivity index (χ0n) is 11.2. The van der Waals surface area contributed by atoms with Crippen LogP contribution < -0.4 is 5.32 Å². The van der Waals surface area contributed by atoms with Crippen molar-refractivity contribution in [3.63, 3.8) is 0 Å². The molecule has 0 aliphatic carbocycles. The molecule has 0 aliphatic heterocycles. The first kappa shape index (κ1) is 14.0. The maximum atomic E-state index is 9.41. The van der Waals surface area contributed by atoms with Crippen molar-refractivity contribution < 1.29 is 5.11 Å². The SMILES string of the molecule is CCCNC(C)CC(C)Cc1cccc(O)c1. The summed E-state index contributed by atoms with van der Waals surface area (Å²) in [6.07, 6.45) is 3.40. The number of phenolic OH excluding ortho intramolecular Hbond substituents is 1. The van der Waals surface area contributed by atoms with Gasteiger partial charge in [0.25, 0.3) is 0 Å². The summed E-state index contributed by atoms with van der Waals surface area (Å²) in [7, 11) is 0. The van der Waals surface area contributed by atoms with E-state index in [2.05, 4.69) is 32.2 Å². The van der Waals surface area contributed by atoms with E-state index in [0.29, 0.717) is 17.7 Å². The molecule has 0 heterocycles. The number of phenols is 1. The maximum Gasteiger partial charge on any atom is 0.115 e. The predicted molar refractivity (Wildman–Crippen MR) is 73.3 cm³/mol. The van der Waals surface area contributed by atoms with Gasteiger partial charge in [0.05, 0.1) is 0 Å². The van der Waals surface area contributed by atoms with Crippen molar-refractivity contribution in [2.75, 3.05) is 6.54 Å². The summed E-state index contributed by atoms with van der Waals surface area (Å²) >= 11 is 0. The van der Waals surface area contributed by atoms with Crippen LogP contribution in [0.2, 0.25) is 0 Å². The third-order valence-corrected chi connectivity index (χ3v) is 2.99. The third kappa shape index (κ3) is 5.73. The molecule has 96 valence electrons. The van der Waals surface area contributed by atoms with E-state index in [9.17, 15) is 5.11 Å². The highest BCUT2D eigenvalue weighted by molar-refractivity contribution is 5.27. The first-order valence-electron chi connectivity index (χ1n) is 6.63. The van der Waals surface area contributed by atoms with Crippen molar-refractivity contribution in [2.24, 2.45) is 5.92 Å². The second-order valence-electron chi connectivity index (χ2n) is 5.07. The molecular formula is C15H25NO. The van der Waals surface area contributed by atoms with Gasteiger partial charge in [-0.3, -0.25) is 0 Å². The number of aromatic hydroxyl groups is 1. The molecule has 0 bridgehead atoms. The van der Waals surface area contributed by atoms with Gasteiger partial charge in [0, 0.05) is 6.04 Å². The fourth-order valence-electron chi connectivity index (χ4n) is 2.25. The molecule has 0 aromatic heterocycles. The second-order valence-corrected chi connectivity index (χ2v) is 5.07. The minimum atomic E-state index is 0.367. The molecule has 0 saturated heterocycles. The summed E-state index contributed by atoms with van der Waals surface area (Å²) in [6, 6.07) is 8.15. The fourth-order valence-corrected chi connectivity index (χ4v) is 2.25. The highest BCUT2D eigenvalue weighted by atomic mass is 16.3. The van der Waals surface area contributed by atoms with E-state index in [1.165, 1.54) is 18.4 Å². The molecule has 2 heteroatoms. The van der Waals surface area contributed by atoms with Crippen molar-refractivity contribution in [2.45, 2.75) is 46.1 Å². The molecular weight excluding hydrogens is 210 g/mol. The van der Waals surface area contributed by atoms with Crippen molar-refractivity contribution in [3.8, 4) is 5.75 Å². The smallest absolute Gasteiger partial charge is 0.115 e. The molecule has 17 heavy (non-hydrogen) atoms. The summed E-state index contributed by atoms with van der Waals surface area (Å²) < 4.78 is 0. The Balaban J connectivity index is 2.36. The van der Waals surface area contributed by atoms with Gasteiger partial charge in [0.2, 0.25) is 0 Å². The van der Waals surface area contributed by atoms with E-state index in [1.54, 1.807) is 6.07 Å². The first-order chi connectivity index (χ1) is 8.11. The van der Waals surface area contributed by atoms with E-state index in [1.807, 2.05) is 12.1 Å². The van der Waals surface area contributed by atoms with E-state index in [0.717, 1.165) is 13.0 Å². The van der Waals surface area contributed by atoms with Crippen molar-refractivity contribution in [1.29, 1.82) is 0 Å². The lowest BCUT2D eigenvalue weighted by molar-refractivity contribution is 0.419. The summed E-state index contributed by atoms with van der Waals surface area (Å²) in [5.41, 5.74) is 1.22. The van der Waals surface area contributed by atoms with Crippen molar-refractivity contribution in [3.05, 3.63) is 29.8 Å². The standard InChI is InChI=1S/C15H25NO/c1-4-8-16-13(3)9-12(2)10-14-6-5-7-15(17)11-14/h5-7,11-13,16-17H,4,8-10H2,1-3H3. The maximum absolute atomic E-state index is 9.41. The van der Waals surface area contributed by atoms with E-state index in [-0.39, 0.29) is 0 Å². The quantitative estimate of drug-likeness (QED) is 0.759. The monoisotopic (exact) mass is 235 g/mol. The fraction of sp³-hybridized carbons (Fsp3) is 0.600. The molecule has 0 amide bonds. The van der Waals surface area contributed by atoms with Gasteiger partial charge in [0.1, 0.15) is 5.75 Å². The molecule has 2 atom stereocenters. The zero-order valence-corrected chi connectivity index (χ0v) is 11.2. The number of rotatable bonds is 7. The van der Waals surface area contributed by atoms with Gasteiger partial charge in [-0.05, 0) is 56.3 Å². The average Bonchev–Trinajstić information content (AvgIpc) is 2.26. The Hall–Kier alpha value is -1.02. The van der Waals surface area contributed by atoms with Gasteiger partial charge >= 0.3 is 0 Å². The minimum Gasteiger partial charge on any atom is -0.508 e. The van der Waals surface area contributed by atoms with Crippen LogP contribution >= 0.6 is 0 Å². The molecule has 0 saturated carbocycles. The number of benzene rings is 1. The van der Waals surface area contributed by atoms with Crippen LogP contribution in [-0.4, -0.2) is 17.7 Å². The Morgan fingerprint density at radius 2 is 2.06 bits per heavy atom. The Bertz CT molecular complexity index is 324. The first-order valence-corrected chi connectivity index (χ1v) is 6.63. The lowest BCUT2D eigenvalue weighted by Gasteiger charge is -2.18. The lowest BCUT2D eigenvalue weighted by Crippen LogP contribution is -2.28. The Kier molecular flexibility index (Phi) is 6.06. The highest BCUT2D eigenvalue weighted by Crippen LogP contribution is 2.17. The number of nitrogens with one attached hydrogen (secondary N) is 1. The van der Waals surface area contributed by atoms with Crippen molar-refractivity contribution in [1.82, 2.24) is 5.32 Å². The molecule has 0 radical (unpaired) electrons. The van der Waals surface area contributed by atoms with Crippen LogP contribution in [0.4, 0.5) is 0 Å². The number of hydrogen-bond donors (Lipinski definition) is 2. The van der Waals surface area contributed by atoms with Gasteiger partial charge in [0.15, 0.2) is 0 Å². The number of hydrogen-bond acceptors (Lipinski definition) is 2. The average molecular weight is 235 g/mol. The van der Waals surface area contributed by atoms with Gasteiger partial charge in [-0.25, -0.2) is 0 Å². The van der Waals surface area contributed by atoms with Gasteiger partial charge in [-0.1, -0.05) is 26.0 Å². The molecule has 0 aliphatic rings. The molecule has 1 aromatic rings. The summed E-state index contributed by atoms with van der Waals surface area (Å²) in [6.45, 7) is 7.80. The van der Waals surface area contributed by atoms with Crippen LogP contribution in [0.1, 0.15) is 39.2 Å². The predicted octanol–water partition coefficient (Wildman–Crippen LogP) is 3.35. The molecule has 1 aromatic carbocycles. The van der Waals surface area contributed by atoms with Crippen molar-refractivity contribution >= 4 is 0 Å². The Morgan fingerprint density at radius 3 is 2.71 bits per heavy atom. The van der Waals surface area contributed by atoms with Gasteiger partial charge in [-0.15, -0.1) is 0 Å².